The maximum Gasteiger partial charge on any atom is 0.224 e. The molecule has 2 fully saturated rings. The van der Waals surface area contributed by atoms with E-state index in [2.05, 4.69) is 0 Å². The summed E-state index contributed by atoms with van der Waals surface area (Å²) >= 11 is 0. The van der Waals surface area contributed by atoms with Gasteiger partial charge in [-0.05, 0) is 49.9 Å². The Labute approximate surface area is 154 Å². The molecule has 142 valence electrons. The summed E-state index contributed by atoms with van der Waals surface area (Å²) in [5.41, 5.74) is 0. The van der Waals surface area contributed by atoms with Crippen LogP contribution in [0.25, 0.3) is 0 Å². The molecule has 6 heteroatoms. The van der Waals surface area contributed by atoms with Gasteiger partial charge in [0.05, 0.1) is 6.61 Å². The zero-order chi connectivity index (χ0) is 18.4. The predicted octanol–water partition coefficient (Wildman–Crippen LogP) is 2.85. The van der Waals surface area contributed by atoms with Crippen molar-refractivity contribution in [2.75, 3.05) is 32.8 Å². The van der Waals surface area contributed by atoms with Crippen LogP contribution in [0.15, 0.2) is 24.3 Å². The van der Waals surface area contributed by atoms with E-state index in [1.54, 1.807) is 12.1 Å². The lowest BCUT2D eigenvalue weighted by molar-refractivity contribution is -0.136. The van der Waals surface area contributed by atoms with Gasteiger partial charge in [0.2, 0.25) is 11.8 Å². The van der Waals surface area contributed by atoms with E-state index in [-0.39, 0.29) is 23.5 Å². The van der Waals surface area contributed by atoms with Gasteiger partial charge in [0.15, 0.2) is 0 Å². The van der Waals surface area contributed by atoms with Gasteiger partial charge in [0.25, 0.3) is 0 Å². The van der Waals surface area contributed by atoms with Crippen LogP contribution in [0.2, 0.25) is 0 Å². The molecule has 0 saturated carbocycles. The molecule has 0 spiro atoms. The van der Waals surface area contributed by atoms with E-state index in [1.165, 1.54) is 12.1 Å². The second-order valence-corrected chi connectivity index (χ2v) is 7.20. The molecule has 5 nitrogen and oxygen atoms in total. The quantitative estimate of drug-likeness (QED) is 0.782. The number of rotatable bonds is 6. The Bertz CT molecular complexity index is 620. The number of halogens is 1. The van der Waals surface area contributed by atoms with Crippen LogP contribution in [0.3, 0.4) is 0 Å². The van der Waals surface area contributed by atoms with Crippen molar-refractivity contribution in [3.8, 4) is 5.75 Å². The molecular formula is C20H27FN2O3. The van der Waals surface area contributed by atoms with Gasteiger partial charge in [-0.1, -0.05) is 0 Å². The first-order chi connectivity index (χ1) is 12.6. The first-order valence-corrected chi connectivity index (χ1v) is 9.56. The highest BCUT2D eigenvalue weighted by molar-refractivity contribution is 5.79. The first kappa shape index (κ1) is 18.7. The molecule has 0 aromatic heterocycles. The van der Waals surface area contributed by atoms with Gasteiger partial charge in [-0.3, -0.25) is 9.59 Å². The SMILES string of the molecule is O=C1CCCCN1CCC(=O)N1CCC[C@H](COc2ccc(F)cc2)C1. The smallest absolute Gasteiger partial charge is 0.224 e. The Balaban J connectivity index is 1.42. The zero-order valence-corrected chi connectivity index (χ0v) is 15.2. The highest BCUT2D eigenvalue weighted by Crippen LogP contribution is 2.20. The summed E-state index contributed by atoms with van der Waals surface area (Å²) in [5, 5.41) is 0. The molecule has 2 saturated heterocycles. The molecule has 0 radical (unpaired) electrons. The molecule has 0 aliphatic carbocycles. The van der Waals surface area contributed by atoms with Gasteiger partial charge in [0, 0.05) is 44.9 Å². The number of hydrogen-bond donors (Lipinski definition) is 0. The molecule has 3 rings (SSSR count). The molecule has 1 aromatic rings. The fraction of sp³-hybridized carbons (Fsp3) is 0.600. The normalized spacial score (nSPS) is 21.0. The summed E-state index contributed by atoms with van der Waals surface area (Å²) in [7, 11) is 0. The minimum atomic E-state index is -0.279. The molecule has 0 N–H and O–H groups in total. The lowest BCUT2D eigenvalue weighted by Gasteiger charge is -2.33. The average molecular weight is 362 g/mol. The van der Waals surface area contributed by atoms with Gasteiger partial charge in [0.1, 0.15) is 11.6 Å². The second kappa shape index (κ2) is 9.01. The van der Waals surface area contributed by atoms with Crippen molar-refractivity contribution >= 4 is 11.8 Å². The Hall–Kier alpha value is -2.11. The van der Waals surface area contributed by atoms with Crippen LogP contribution >= 0.6 is 0 Å². The summed E-state index contributed by atoms with van der Waals surface area (Å²) in [4.78, 5) is 28.1. The van der Waals surface area contributed by atoms with Crippen LogP contribution < -0.4 is 4.74 Å². The van der Waals surface area contributed by atoms with Crippen molar-refractivity contribution in [3.05, 3.63) is 30.1 Å². The maximum absolute atomic E-state index is 12.9. The minimum Gasteiger partial charge on any atom is -0.493 e. The third-order valence-corrected chi connectivity index (χ3v) is 5.19. The van der Waals surface area contributed by atoms with Crippen molar-refractivity contribution in [3.63, 3.8) is 0 Å². The van der Waals surface area contributed by atoms with E-state index < -0.39 is 0 Å². The zero-order valence-electron chi connectivity index (χ0n) is 15.2. The van der Waals surface area contributed by atoms with Crippen LogP contribution in [0.1, 0.15) is 38.5 Å². The van der Waals surface area contributed by atoms with Crippen molar-refractivity contribution < 1.29 is 18.7 Å². The average Bonchev–Trinajstić information content (AvgIpc) is 2.67. The van der Waals surface area contributed by atoms with Crippen molar-refractivity contribution in [2.24, 2.45) is 5.92 Å². The molecular weight excluding hydrogens is 335 g/mol. The van der Waals surface area contributed by atoms with Crippen LogP contribution in [-0.2, 0) is 9.59 Å². The number of carbonyl (C=O) groups is 2. The maximum atomic E-state index is 12.9. The summed E-state index contributed by atoms with van der Waals surface area (Å²) in [6.45, 7) is 3.30. The molecule has 1 aromatic carbocycles. The number of carbonyl (C=O) groups excluding carboxylic acids is 2. The van der Waals surface area contributed by atoms with Gasteiger partial charge < -0.3 is 14.5 Å². The minimum absolute atomic E-state index is 0.120. The number of benzene rings is 1. The van der Waals surface area contributed by atoms with Gasteiger partial charge in [-0.15, -0.1) is 0 Å². The Morgan fingerprint density at radius 2 is 1.96 bits per heavy atom. The van der Waals surface area contributed by atoms with E-state index in [9.17, 15) is 14.0 Å². The molecule has 2 amide bonds. The number of piperidine rings is 2. The van der Waals surface area contributed by atoms with Crippen LogP contribution in [0.5, 0.6) is 5.75 Å². The fourth-order valence-corrected chi connectivity index (χ4v) is 3.66. The lowest BCUT2D eigenvalue weighted by atomic mass is 9.98. The number of nitrogens with zero attached hydrogens (tertiary/aromatic N) is 2. The molecule has 26 heavy (non-hydrogen) atoms. The number of likely N-dealkylation sites (tertiary alicyclic amines) is 2. The Kier molecular flexibility index (Phi) is 6.47. The summed E-state index contributed by atoms with van der Waals surface area (Å²) in [6.07, 6.45) is 5.00. The van der Waals surface area contributed by atoms with E-state index in [0.717, 1.165) is 38.8 Å². The summed E-state index contributed by atoms with van der Waals surface area (Å²) < 4.78 is 18.7. The van der Waals surface area contributed by atoms with Crippen molar-refractivity contribution in [1.29, 1.82) is 0 Å². The molecule has 2 aliphatic rings. The third-order valence-electron chi connectivity index (χ3n) is 5.19. The van der Waals surface area contributed by atoms with Crippen molar-refractivity contribution in [2.45, 2.75) is 38.5 Å². The largest absolute Gasteiger partial charge is 0.493 e. The van der Waals surface area contributed by atoms with Crippen LogP contribution in [0, 0.1) is 11.7 Å². The predicted molar refractivity (Wildman–Crippen MR) is 96.2 cm³/mol. The molecule has 0 bridgehead atoms. The van der Waals surface area contributed by atoms with Gasteiger partial charge in [-0.25, -0.2) is 4.39 Å². The topological polar surface area (TPSA) is 49.9 Å². The molecule has 2 aliphatic heterocycles. The molecule has 0 unspecified atom stereocenters. The van der Waals surface area contributed by atoms with Gasteiger partial charge >= 0.3 is 0 Å². The Morgan fingerprint density at radius 1 is 1.15 bits per heavy atom. The third kappa shape index (κ3) is 5.19. The van der Waals surface area contributed by atoms with Crippen molar-refractivity contribution in [1.82, 2.24) is 9.80 Å². The van der Waals surface area contributed by atoms with Crippen LogP contribution in [-0.4, -0.2) is 54.4 Å². The summed E-state index contributed by atoms with van der Waals surface area (Å²) in [6, 6.07) is 6.01. The number of hydrogen-bond acceptors (Lipinski definition) is 3. The lowest BCUT2D eigenvalue weighted by Crippen LogP contribution is -2.43. The van der Waals surface area contributed by atoms with E-state index >= 15 is 0 Å². The highest BCUT2D eigenvalue weighted by atomic mass is 19.1. The number of amides is 2. The molecule has 1 atom stereocenters. The van der Waals surface area contributed by atoms with Crippen LogP contribution in [0.4, 0.5) is 4.39 Å². The fourth-order valence-electron chi connectivity index (χ4n) is 3.66. The highest BCUT2D eigenvalue weighted by Gasteiger charge is 2.25. The van der Waals surface area contributed by atoms with E-state index in [1.807, 2.05) is 9.80 Å². The first-order valence-electron chi connectivity index (χ1n) is 9.56. The van der Waals surface area contributed by atoms with E-state index in [4.69, 9.17) is 4.74 Å². The molecule has 2 heterocycles. The second-order valence-electron chi connectivity index (χ2n) is 7.20. The monoisotopic (exact) mass is 362 g/mol. The Morgan fingerprint density at radius 3 is 2.73 bits per heavy atom. The van der Waals surface area contributed by atoms with Gasteiger partial charge in [-0.2, -0.15) is 0 Å². The standard InChI is InChI=1S/C20H27FN2O3/c21-17-6-8-18(9-7-17)26-15-16-4-3-12-23(14-16)20(25)10-13-22-11-2-1-5-19(22)24/h6-9,16H,1-5,10-15H2/t16-/m0/s1. The summed E-state index contributed by atoms with van der Waals surface area (Å²) in [5.74, 6) is 0.954. The van der Waals surface area contributed by atoms with E-state index in [0.29, 0.717) is 38.3 Å². The number of ether oxygens (including phenoxy) is 1.